The second-order valence-corrected chi connectivity index (χ2v) is 4.72. The lowest BCUT2D eigenvalue weighted by Crippen LogP contribution is -2.25. The molecule has 1 N–H and O–H groups in total. The van der Waals surface area contributed by atoms with Crippen LogP contribution in [0.4, 0.5) is 11.4 Å². The number of aryl methyl sites for hydroxylation is 1. The summed E-state index contributed by atoms with van der Waals surface area (Å²) in [7, 11) is 1.42. The molecule has 0 aliphatic rings. The van der Waals surface area contributed by atoms with E-state index in [0.29, 0.717) is 5.75 Å². The van der Waals surface area contributed by atoms with E-state index in [9.17, 15) is 14.9 Å². The Kier molecular flexibility index (Phi) is 4.40. The van der Waals surface area contributed by atoms with Gasteiger partial charge < -0.3 is 10.1 Å². The highest BCUT2D eigenvalue weighted by Crippen LogP contribution is 2.29. The van der Waals surface area contributed by atoms with E-state index in [4.69, 9.17) is 4.74 Å². The van der Waals surface area contributed by atoms with Crippen LogP contribution in [0.15, 0.2) is 30.5 Å². The van der Waals surface area contributed by atoms with Gasteiger partial charge in [-0.1, -0.05) is 0 Å². The van der Waals surface area contributed by atoms with E-state index in [-0.39, 0.29) is 17.3 Å². The predicted molar refractivity (Wildman–Crippen MR) is 80.0 cm³/mol. The Morgan fingerprint density at radius 3 is 2.73 bits per heavy atom. The number of methoxy groups -OCH3 is 1. The molecule has 0 bridgehead atoms. The quantitative estimate of drug-likeness (QED) is 0.675. The molecular weight excluding hydrogens is 288 g/mol. The summed E-state index contributed by atoms with van der Waals surface area (Å²) >= 11 is 0. The summed E-state index contributed by atoms with van der Waals surface area (Å²) < 4.78 is 6.50. The molecule has 0 radical (unpaired) electrons. The number of hydrogen-bond donors (Lipinski definition) is 1. The minimum Gasteiger partial charge on any atom is -0.496 e. The molecule has 1 amide bonds. The van der Waals surface area contributed by atoms with Crippen molar-refractivity contribution in [3.8, 4) is 5.75 Å². The van der Waals surface area contributed by atoms with Crippen LogP contribution in [0.5, 0.6) is 5.75 Å². The monoisotopic (exact) mass is 304 g/mol. The SMILES string of the molecule is COc1ccc(NC(=O)C(C)n2nccc2C)c([N+](=O)[O-])c1. The van der Waals surface area contributed by atoms with Crippen molar-refractivity contribution in [2.75, 3.05) is 12.4 Å². The molecule has 116 valence electrons. The van der Waals surface area contributed by atoms with E-state index >= 15 is 0 Å². The second kappa shape index (κ2) is 6.25. The number of nitrogens with one attached hydrogen (secondary N) is 1. The van der Waals surface area contributed by atoms with Crippen LogP contribution >= 0.6 is 0 Å². The van der Waals surface area contributed by atoms with Crippen molar-refractivity contribution in [2.45, 2.75) is 19.9 Å². The summed E-state index contributed by atoms with van der Waals surface area (Å²) in [6.07, 6.45) is 1.59. The van der Waals surface area contributed by atoms with Gasteiger partial charge in [0.2, 0.25) is 5.91 Å². The van der Waals surface area contributed by atoms with Crippen LogP contribution in [-0.2, 0) is 4.79 Å². The zero-order valence-corrected chi connectivity index (χ0v) is 12.4. The zero-order chi connectivity index (χ0) is 16.3. The first kappa shape index (κ1) is 15.5. The molecule has 22 heavy (non-hydrogen) atoms. The molecule has 1 aromatic carbocycles. The number of carbonyl (C=O) groups is 1. The highest BCUT2D eigenvalue weighted by molar-refractivity contribution is 5.95. The van der Waals surface area contributed by atoms with Gasteiger partial charge in [-0.05, 0) is 32.0 Å². The summed E-state index contributed by atoms with van der Waals surface area (Å²) in [5.41, 5.74) is 0.719. The van der Waals surface area contributed by atoms with Gasteiger partial charge in [0, 0.05) is 11.9 Å². The highest BCUT2D eigenvalue weighted by atomic mass is 16.6. The van der Waals surface area contributed by atoms with Crippen molar-refractivity contribution in [3.63, 3.8) is 0 Å². The minimum atomic E-state index is -0.586. The molecule has 0 aliphatic carbocycles. The van der Waals surface area contributed by atoms with Gasteiger partial charge in [0.1, 0.15) is 17.5 Å². The van der Waals surface area contributed by atoms with E-state index < -0.39 is 11.0 Å². The Morgan fingerprint density at radius 1 is 1.45 bits per heavy atom. The summed E-state index contributed by atoms with van der Waals surface area (Å²) in [4.78, 5) is 22.8. The Hall–Kier alpha value is -2.90. The molecular formula is C14H16N4O4. The number of nitro benzene ring substituents is 1. The number of hydrogen-bond acceptors (Lipinski definition) is 5. The fraction of sp³-hybridized carbons (Fsp3) is 0.286. The minimum absolute atomic E-state index is 0.118. The summed E-state index contributed by atoms with van der Waals surface area (Å²) in [6, 6.07) is 5.44. The van der Waals surface area contributed by atoms with E-state index in [0.717, 1.165) is 5.69 Å². The Bertz CT molecular complexity index is 711. The molecule has 8 nitrogen and oxygen atoms in total. The normalized spacial score (nSPS) is 11.8. The van der Waals surface area contributed by atoms with Crippen LogP contribution in [0.25, 0.3) is 0 Å². The first-order valence-electron chi connectivity index (χ1n) is 6.57. The Balaban J connectivity index is 2.25. The van der Waals surface area contributed by atoms with Gasteiger partial charge in [0.25, 0.3) is 5.69 Å². The van der Waals surface area contributed by atoms with Crippen LogP contribution in [0.1, 0.15) is 18.7 Å². The lowest BCUT2D eigenvalue weighted by Gasteiger charge is -2.14. The van der Waals surface area contributed by atoms with Crippen molar-refractivity contribution in [2.24, 2.45) is 0 Å². The third-order valence-corrected chi connectivity index (χ3v) is 3.27. The molecule has 1 unspecified atom stereocenters. The molecule has 8 heteroatoms. The van der Waals surface area contributed by atoms with E-state index in [2.05, 4.69) is 10.4 Å². The molecule has 0 fully saturated rings. The van der Waals surface area contributed by atoms with E-state index in [1.54, 1.807) is 29.9 Å². The van der Waals surface area contributed by atoms with Crippen molar-refractivity contribution >= 4 is 17.3 Å². The Labute approximate surface area is 126 Å². The van der Waals surface area contributed by atoms with E-state index in [1.807, 2.05) is 6.92 Å². The fourth-order valence-electron chi connectivity index (χ4n) is 2.03. The number of ether oxygens (including phenoxy) is 1. The zero-order valence-electron chi connectivity index (χ0n) is 12.4. The number of anilines is 1. The van der Waals surface area contributed by atoms with Crippen LogP contribution in [-0.4, -0.2) is 27.7 Å². The number of aromatic nitrogens is 2. The van der Waals surface area contributed by atoms with Crippen LogP contribution < -0.4 is 10.1 Å². The summed E-state index contributed by atoms with van der Waals surface area (Å²) in [5, 5.41) is 17.7. The second-order valence-electron chi connectivity index (χ2n) is 4.72. The third kappa shape index (κ3) is 3.05. The molecule has 2 aromatic rings. The van der Waals surface area contributed by atoms with Gasteiger partial charge in [-0.2, -0.15) is 5.10 Å². The number of nitrogens with zero attached hydrogens (tertiary/aromatic N) is 3. The molecule has 0 saturated carbocycles. The number of amides is 1. The largest absolute Gasteiger partial charge is 0.496 e. The summed E-state index contributed by atoms with van der Waals surface area (Å²) in [6.45, 7) is 3.50. The Morgan fingerprint density at radius 2 is 2.18 bits per heavy atom. The maximum absolute atomic E-state index is 12.3. The smallest absolute Gasteiger partial charge is 0.296 e. The molecule has 0 aliphatic heterocycles. The van der Waals surface area contributed by atoms with Crippen LogP contribution in [0, 0.1) is 17.0 Å². The predicted octanol–water partition coefficient (Wildman–Crippen LogP) is 2.31. The number of carbonyl (C=O) groups excluding carboxylic acids is 1. The maximum Gasteiger partial charge on any atom is 0.296 e. The topological polar surface area (TPSA) is 99.3 Å². The average Bonchev–Trinajstić information content (AvgIpc) is 2.92. The standard InChI is InChI=1S/C14H16N4O4/c1-9-6-7-15-17(9)10(2)14(19)16-12-5-4-11(22-3)8-13(12)18(20)21/h4-8,10H,1-3H3,(H,16,19). The van der Waals surface area contributed by atoms with Gasteiger partial charge in [-0.3, -0.25) is 19.6 Å². The number of rotatable bonds is 5. The first-order chi connectivity index (χ1) is 10.4. The number of benzene rings is 1. The molecule has 1 atom stereocenters. The first-order valence-corrected chi connectivity index (χ1v) is 6.57. The van der Waals surface area contributed by atoms with Crippen molar-refractivity contribution in [3.05, 3.63) is 46.3 Å². The summed E-state index contributed by atoms with van der Waals surface area (Å²) in [5.74, 6) is -0.0410. The van der Waals surface area contributed by atoms with Crippen molar-refractivity contribution in [1.82, 2.24) is 9.78 Å². The third-order valence-electron chi connectivity index (χ3n) is 3.27. The van der Waals surface area contributed by atoms with Gasteiger partial charge in [0.05, 0.1) is 18.1 Å². The van der Waals surface area contributed by atoms with Crippen molar-refractivity contribution < 1.29 is 14.5 Å². The molecule has 0 spiro atoms. The van der Waals surface area contributed by atoms with Gasteiger partial charge in [-0.25, -0.2) is 0 Å². The number of nitro groups is 1. The molecule has 0 saturated heterocycles. The lowest BCUT2D eigenvalue weighted by atomic mass is 10.2. The van der Waals surface area contributed by atoms with Gasteiger partial charge in [0.15, 0.2) is 0 Å². The van der Waals surface area contributed by atoms with Crippen LogP contribution in [0.3, 0.4) is 0 Å². The van der Waals surface area contributed by atoms with Crippen molar-refractivity contribution in [1.29, 1.82) is 0 Å². The maximum atomic E-state index is 12.3. The average molecular weight is 304 g/mol. The molecule has 1 heterocycles. The fourth-order valence-corrected chi connectivity index (χ4v) is 2.03. The molecule has 1 aromatic heterocycles. The van der Waals surface area contributed by atoms with E-state index in [1.165, 1.54) is 19.2 Å². The molecule has 2 rings (SSSR count). The van der Waals surface area contributed by atoms with Gasteiger partial charge >= 0.3 is 0 Å². The lowest BCUT2D eigenvalue weighted by molar-refractivity contribution is -0.384. The van der Waals surface area contributed by atoms with Crippen LogP contribution in [0.2, 0.25) is 0 Å². The van der Waals surface area contributed by atoms with Gasteiger partial charge in [-0.15, -0.1) is 0 Å². The highest BCUT2D eigenvalue weighted by Gasteiger charge is 2.22.